The van der Waals surface area contributed by atoms with Crippen molar-refractivity contribution in [1.29, 1.82) is 5.26 Å². The van der Waals surface area contributed by atoms with Gasteiger partial charge >= 0.3 is 0 Å². The van der Waals surface area contributed by atoms with Crippen LogP contribution < -0.4 is 10.1 Å². The number of ether oxygens (including phenoxy) is 1. The van der Waals surface area contributed by atoms with Gasteiger partial charge in [-0.15, -0.1) is 0 Å². The van der Waals surface area contributed by atoms with Crippen LogP contribution in [0.15, 0.2) is 66.2 Å². The van der Waals surface area contributed by atoms with E-state index in [0.29, 0.717) is 28.6 Å². The molecule has 0 saturated carbocycles. The highest BCUT2D eigenvalue weighted by Crippen LogP contribution is 2.27. The molecule has 1 N–H and O–H groups in total. The number of aryl methyl sites for hydroxylation is 2. The van der Waals surface area contributed by atoms with Crippen LogP contribution in [-0.2, 0) is 11.4 Å². The highest BCUT2D eigenvalue weighted by atomic mass is 35.5. The molecule has 0 fully saturated rings. The SMILES string of the molecule is Cc1ccc(COc2ccc(/C=C(\C#N)C(=O)Nc3ccc(F)cc3)cc2Cl)cc1C. The Bertz CT molecular complexity index is 1180. The largest absolute Gasteiger partial charge is 0.487 e. The van der Waals surface area contributed by atoms with Crippen LogP contribution in [-0.4, -0.2) is 5.91 Å². The third kappa shape index (κ3) is 5.94. The van der Waals surface area contributed by atoms with Crippen molar-refractivity contribution in [3.8, 4) is 11.8 Å². The number of hydrogen-bond acceptors (Lipinski definition) is 3. The predicted octanol–water partition coefficient (Wildman–Crippen LogP) is 6.22. The van der Waals surface area contributed by atoms with Crippen molar-refractivity contribution in [2.75, 3.05) is 5.32 Å². The van der Waals surface area contributed by atoms with E-state index < -0.39 is 11.7 Å². The first-order chi connectivity index (χ1) is 14.9. The number of benzene rings is 3. The first kappa shape index (κ1) is 22.1. The Labute approximate surface area is 185 Å². The van der Waals surface area contributed by atoms with Gasteiger partial charge in [-0.25, -0.2) is 4.39 Å². The fourth-order valence-electron chi connectivity index (χ4n) is 2.83. The Morgan fingerprint density at radius 1 is 1.10 bits per heavy atom. The third-order valence-electron chi connectivity index (χ3n) is 4.70. The highest BCUT2D eigenvalue weighted by molar-refractivity contribution is 6.32. The fourth-order valence-corrected chi connectivity index (χ4v) is 3.07. The van der Waals surface area contributed by atoms with Gasteiger partial charge in [-0.1, -0.05) is 35.9 Å². The number of amides is 1. The molecule has 1 amide bonds. The predicted molar refractivity (Wildman–Crippen MR) is 120 cm³/mol. The molecule has 0 aliphatic rings. The lowest BCUT2D eigenvalue weighted by atomic mass is 10.1. The Balaban J connectivity index is 1.70. The molecule has 0 radical (unpaired) electrons. The van der Waals surface area contributed by atoms with Crippen molar-refractivity contribution in [1.82, 2.24) is 0 Å². The van der Waals surface area contributed by atoms with Crippen molar-refractivity contribution in [3.05, 3.63) is 99.3 Å². The average Bonchev–Trinajstić information content (AvgIpc) is 2.75. The first-order valence-corrected chi connectivity index (χ1v) is 9.90. The Kier molecular flexibility index (Phi) is 7.07. The number of carbonyl (C=O) groups is 1. The molecule has 3 aromatic carbocycles. The maximum absolute atomic E-state index is 13.0. The Morgan fingerprint density at radius 3 is 2.48 bits per heavy atom. The van der Waals surface area contributed by atoms with Gasteiger partial charge in [-0.05, 0) is 78.6 Å². The van der Waals surface area contributed by atoms with Crippen LogP contribution in [0.3, 0.4) is 0 Å². The smallest absolute Gasteiger partial charge is 0.266 e. The van der Waals surface area contributed by atoms with Gasteiger partial charge in [0.2, 0.25) is 0 Å². The van der Waals surface area contributed by atoms with Gasteiger partial charge in [-0.2, -0.15) is 5.26 Å². The summed E-state index contributed by atoms with van der Waals surface area (Å²) in [6.45, 7) is 4.48. The highest BCUT2D eigenvalue weighted by Gasteiger charge is 2.11. The molecule has 3 rings (SSSR count). The van der Waals surface area contributed by atoms with E-state index in [4.69, 9.17) is 16.3 Å². The quantitative estimate of drug-likeness (QED) is 0.370. The van der Waals surface area contributed by atoms with Crippen LogP contribution in [0.5, 0.6) is 5.75 Å². The zero-order valence-electron chi connectivity index (χ0n) is 17.1. The third-order valence-corrected chi connectivity index (χ3v) is 5.00. The summed E-state index contributed by atoms with van der Waals surface area (Å²) < 4.78 is 18.8. The zero-order chi connectivity index (χ0) is 22.4. The molecule has 0 atom stereocenters. The van der Waals surface area contributed by atoms with E-state index in [-0.39, 0.29) is 5.57 Å². The Hall–Kier alpha value is -3.62. The summed E-state index contributed by atoms with van der Waals surface area (Å²) in [5, 5.41) is 12.3. The normalized spacial score (nSPS) is 11.0. The summed E-state index contributed by atoms with van der Waals surface area (Å²) in [6, 6.07) is 18.3. The van der Waals surface area contributed by atoms with Gasteiger partial charge in [0.1, 0.15) is 29.8 Å². The number of carbonyl (C=O) groups excluding carboxylic acids is 1. The van der Waals surface area contributed by atoms with E-state index >= 15 is 0 Å². The molecular weight excluding hydrogens is 415 g/mol. The van der Waals surface area contributed by atoms with Gasteiger partial charge in [0.15, 0.2) is 0 Å². The topological polar surface area (TPSA) is 62.1 Å². The number of nitrogens with zero attached hydrogens (tertiary/aromatic N) is 1. The van der Waals surface area contributed by atoms with Crippen molar-refractivity contribution < 1.29 is 13.9 Å². The number of rotatable bonds is 6. The fraction of sp³-hybridized carbons (Fsp3) is 0.120. The maximum atomic E-state index is 13.0. The molecule has 0 unspecified atom stereocenters. The zero-order valence-corrected chi connectivity index (χ0v) is 17.8. The van der Waals surface area contributed by atoms with Gasteiger partial charge < -0.3 is 10.1 Å². The molecule has 0 saturated heterocycles. The molecule has 0 aromatic heterocycles. The number of hydrogen-bond donors (Lipinski definition) is 1. The molecule has 0 aliphatic carbocycles. The molecule has 4 nitrogen and oxygen atoms in total. The monoisotopic (exact) mass is 434 g/mol. The Morgan fingerprint density at radius 2 is 1.84 bits per heavy atom. The second-order valence-electron chi connectivity index (χ2n) is 7.03. The van der Waals surface area contributed by atoms with Crippen LogP contribution >= 0.6 is 11.6 Å². The molecule has 156 valence electrons. The molecule has 0 aliphatic heterocycles. The number of anilines is 1. The number of halogens is 2. The molecule has 6 heteroatoms. The van der Waals surface area contributed by atoms with E-state index in [1.807, 2.05) is 25.1 Å². The summed E-state index contributed by atoms with van der Waals surface area (Å²) in [6.07, 6.45) is 1.43. The van der Waals surface area contributed by atoms with Crippen molar-refractivity contribution in [2.24, 2.45) is 0 Å². The standard InChI is InChI=1S/C25H20ClFN2O2/c1-16-3-4-19(11-17(16)2)15-31-24-10-5-18(13-23(24)26)12-20(14-28)25(30)29-22-8-6-21(27)7-9-22/h3-13H,15H2,1-2H3,(H,29,30)/b20-12+. The van der Waals surface area contributed by atoms with Crippen LogP contribution in [0.4, 0.5) is 10.1 Å². The lowest BCUT2D eigenvalue weighted by molar-refractivity contribution is -0.112. The second-order valence-corrected chi connectivity index (χ2v) is 7.44. The van der Waals surface area contributed by atoms with Crippen molar-refractivity contribution >= 4 is 29.3 Å². The summed E-state index contributed by atoms with van der Waals surface area (Å²) in [7, 11) is 0. The van der Waals surface area contributed by atoms with E-state index in [2.05, 4.69) is 18.3 Å². The first-order valence-electron chi connectivity index (χ1n) is 9.53. The molecule has 3 aromatic rings. The van der Waals surface area contributed by atoms with Crippen LogP contribution in [0.1, 0.15) is 22.3 Å². The van der Waals surface area contributed by atoms with Crippen LogP contribution in [0, 0.1) is 31.0 Å². The summed E-state index contributed by atoms with van der Waals surface area (Å²) >= 11 is 6.33. The minimum atomic E-state index is -0.597. The van der Waals surface area contributed by atoms with Crippen LogP contribution in [0.2, 0.25) is 5.02 Å². The summed E-state index contributed by atoms with van der Waals surface area (Å²) in [5.74, 6) is -0.505. The van der Waals surface area contributed by atoms with Crippen molar-refractivity contribution in [3.63, 3.8) is 0 Å². The summed E-state index contributed by atoms with van der Waals surface area (Å²) in [4.78, 5) is 12.3. The molecular formula is C25H20ClFN2O2. The van der Waals surface area contributed by atoms with Gasteiger partial charge in [-0.3, -0.25) is 4.79 Å². The molecule has 31 heavy (non-hydrogen) atoms. The van der Waals surface area contributed by atoms with Crippen LogP contribution in [0.25, 0.3) is 6.08 Å². The maximum Gasteiger partial charge on any atom is 0.266 e. The van der Waals surface area contributed by atoms with Gasteiger partial charge in [0.25, 0.3) is 5.91 Å². The minimum absolute atomic E-state index is 0.107. The van der Waals surface area contributed by atoms with E-state index in [0.717, 1.165) is 5.56 Å². The number of nitrogens with one attached hydrogen (secondary N) is 1. The minimum Gasteiger partial charge on any atom is -0.487 e. The van der Waals surface area contributed by atoms with E-state index in [1.165, 1.54) is 41.5 Å². The van der Waals surface area contributed by atoms with Gasteiger partial charge in [0.05, 0.1) is 5.02 Å². The van der Waals surface area contributed by atoms with E-state index in [1.54, 1.807) is 18.2 Å². The van der Waals surface area contributed by atoms with Gasteiger partial charge in [0, 0.05) is 5.69 Å². The second kappa shape index (κ2) is 9.92. The lowest BCUT2D eigenvalue weighted by Crippen LogP contribution is -2.13. The molecule has 0 bridgehead atoms. The molecule has 0 spiro atoms. The molecule has 0 heterocycles. The number of nitriles is 1. The van der Waals surface area contributed by atoms with E-state index in [9.17, 15) is 14.4 Å². The lowest BCUT2D eigenvalue weighted by Gasteiger charge is -2.10. The average molecular weight is 435 g/mol. The van der Waals surface area contributed by atoms with Crippen molar-refractivity contribution in [2.45, 2.75) is 20.5 Å². The summed E-state index contributed by atoms with van der Waals surface area (Å²) in [5.41, 5.74) is 4.30.